The zero-order valence-electron chi connectivity index (χ0n) is 21.1. The van der Waals surface area contributed by atoms with Crippen molar-refractivity contribution >= 4 is 17.0 Å². The fraction of sp³-hybridized carbons (Fsp3) is 0.500. The highest BCUT2D eigenvalue weighted by atomic mass is 127. The summed E-state index contributed by atoms with van der Waals surface area (Å²) < 4.78 is 15.9. The largest absolute Gasteiger partial charge is 1.00 e. The van der Waals surface area contributed by atoms with Gasteiger partial charge in [-0.1, -0.05) is 39.3 Å². The van der Waals surface area contributed by atoms with E-state index in [0.29, 0.717) is 17.8 Å². The van der Waals surface area contributed by atoms with Crippen LogP contribution in [-0.2, 0) is 16.6 Å². The first-order valence-corrected chi connectivity index (χ1v) is 12.2. The lowest BCUT2D eigenvalue weighted by molar-refractivity contribution is -0.634. The van der Waals surface area contributed by atoms with Crippen LogP contribution in [0.4, 0.5) is 0 Å². The molecule has 4 rings (SSSR count). The van der Waals surface area contributed by atoms with Gasteiger partial charge in [-0.15, -0.1) is 0 Å². The number of carbonyl (C=O) groups excluding carboxylic acids is 1. The summed E-state index contributed by atoms with van der Waals surface area (Å²) in [4.78, 5) is 13.6. The van der Waals surface area contributed by atoms with Crippen molar-refractivity contribution in [3.63, 3.8) is 0 Å². The van der Waals surface area contributed by atoms with Crippen molar-refractivity contribution in [2.45, 2.75) is 59.1 Å². The van der Waals surface area contributed by atoms with Crippen molar-refractivity contribution in [3.05, 3.63) is 48.5 Å². The maximum absolute atomic E-state index is 13.6. The first kappa shape index (κ1) is 26.5. The molecule has 1 aromatic heterocycles. The number of aryl methyl sites for hydroxylation is 1. The van der Waals surface area contributed by atoms with Gasteiger partial charge in [0.2, 0.25) is 0 Å². The number of hydrogen-bond acceptors (Lipinski definition) is 3. The molecule has 0 radical (unpaired) electrons. The van der Waals surface area contributed by atoms with Crippen molar-refractivity contribution in [1.82, 2.24) is 4.57 Å². The summed E-state index contributed by atoms with van der Waals surface area (Å²) >= 11 is 0. The predicted octanol–water partition coefficient (Wildman–Crippen LogP) is 2.71. The average Bonchev–Trinajstić information content (AvgIpc) is 3.11. The molecule has 1 aliphatic rings. The Labute approximate surface area is 220 Å². The number of methoxy groups -OCH3 is 1. The van der Waals surface area contributed by atoms with Gasteiger partial charge < -0.3 is 33.5 Å². The average molecular weight is 577 g/mol. The molecule has 1 saturated carbocycles. The van der Waals surface area contributed by atoms with Crippen LogP contribution in [0.25, 0.3) is 22.4 Å². The molecule has 0 N–H and O–H groups in total. The number of halogens is 1. The Morgan fingerprint density at radius 2 is 1.74 bits per heavy atom. The highest BCUT2D eigenvalue weighted by molar-refractivity contribution is 5.82. The zero-order valence-corrected chi connectivity index (χ0v) is 23.3. The SMILES string of the molecule is COc1ccc(-c2n([C@H](C)C(=O)OC3C[C@H](C)CC[C@H]3C(C)C)c3ccccc3[n+]2C)cc1.[I-]. The van der Waals surface area contributed by atoms with Gasteiger partial charge in [-0.05, 0) is 73.9 Å². The van der Waals surface area contributed by atoms with E-state index in [0.717, 1.165) is 41.0 Å². The standard InChI is InChI=1S/C28H37N2O3.HI/c1-18(2)23-16-11-19(3)17-26(23)33-28(31)20(4)30-25-10-8-7-9-24(25)29(5)27(30)21-12-14-22(32-6)15-13-21;/h7-10,12-15,18-20,23,26H,11,16-17H2,1-6H3;1H/q+1;/p-1/t19-,20-,23+,26?;/m1./s1. The normalized spacial score (nSPS) is 21.2. The number of hydrogen-bond donors (Lipinski definition) is 0. The van der Waals surface area contributed by atoms with E-state index in [4.69, 9.17) is 9.47 Å². The molecule has 0 aliphatic heterocycles. The van der Waals surface area contributed by atoms with Crippen molar-refractivity contribution in [2.75, 3.05) is 7.11 Å². The van der Waals surface area contributed by atoms with Crippen LogP contribution < -0.4 is 33.3 Å². The monoisotopic (exact) mass is 576 g/mol. The third-order valence-corrected chi connectivity index (χ3v) is 7.35. The van der Waals surface area contributed by atoms with E-state index in [1.54, 1.807) is 7.11 Å². The van der Waals surface area contributed by atoms with Crippen LogP contribution >= 0.6 is 0 Å². The van der Waals surface area contributed by atoms with Gasteiger partial charge in [0.15, 0.2) is 17.1 Å². The quantitative estimate of drug-likeness (QED) is 0.258. The van der Waals surface area contributed by atoms with Crippen LogP contribution in [0.1, 0.15) is 53.0 Å². The van der Waals surface area contributed by atoms with Crippen LogP contribution in [-0.4, -0.2) is 23.8 Å². The topological polar surface area (TPSA) is 44.3 Å². The molecule has 1 unspecified atom stereocenters. The minimum absolute atomic E-state index is 0. The number of aromatic nitrogens is 2. The first-order chi connectivity index (χ1) is 15.8. The number of fused-ring (bicyclic) bond motifs is 1. The van der Waals surface area contributed by atoms with Crippen molar-refractivity contribution in [1.29, 1.82) is 0 Å². The van der Waals surface area contributed by atoms with Crippen LogP contribution in [0.15, 0.2) is 48.5 Å². The highest BCUT2D eigenvalue weighted by Crippen LogP contribution is 2.36. The minimum atomic E-state index is -0.446. The molecule has 0 bridgehead atoms. The van der Waals surface area contributed by atoms with E-state index < -0.39 is 6.04 Å². The minimum Gasteiger partial charge on any atom is -1.00 e. The molecular weight excluding hydrogens is 539 g/mol. The molecule has 2 aromatic carbocycles. The van der Waals surface area contributed by atoms with Gasteiger partial charge in [-0.3, -0.25) is 0 Å². The molecule has 184 valence electrons. The van der Waals surface area contributed by atoms with E-state index in [-0.39, 0.29) is 36.0 Å². The number of para-hydroxylation sites is 2. The molecule has 3 aromatic rings. The summed E-state index contributed by atoms with van der Waals surface area (Å²) in [6, 6.07) is 15.8. The summed E-state index contributed by atoms with van der Waals surface area (Å²) in [5, 5.41) is 0. The maximum atomic E-state index is 13.6. The Bertz CT molecular complexity index is 1120. The van der Waals surface area contributed by atoms with Gasteiger partial charge >= 0.3 is 5.97 Å². The second-order valence-electron chi connectivity index (χ2n) is 9.95. The second kappa shape index (κ2) is 11.1. The van der Waals surface area contributed by atoms with Crippen molar-refractivity contribution < 1.29 is 42.8 Å². The number of esters is 1. The van der Waals surface area contributed by atoms with Crippen LogP contribution in [0, 0.1) is 17.8 Å². The van der Waals surface area contributed by atoms with Gasteiger partial charge in [0.05, 0.1) is 19.7 Å². The molecule has 1 heterocycles. The summed E-state index contributed by atoms with van der Waals surface area (Å²) in [5.74, 6) is 3.15. The van der Waals surface area contributed by atoms with Crippen LogP contribution in [0.2, 0.25) is 0 Å². The van der Waals surface area contributed by atoms with Crippen molar-refractivity contribution in [2.24, 2.45) is 24.8 Å². The van der Waals surface area contributed by atoms with Gasteiger partial charge in [-0.25, -0.2) is 13.9 Å². The molecule has 6 heteroatoms. The van der Waals surface area contributed by atoms with Gasteiger partial charge in [0.25, 0.3) is 5.82 Å². The fourth-order valence-electron chi connectivity index (χ4n) is 5.41. The predicted molar refractivity (Wildman–Crippen MR) is 131 cm³/mol. The van der Waals surface area contributed by atoms with E-state index in [9.17, 15) is 4.79 Å². The molecular formula is C28H37IN2O3. The molecule has 5 nitrogen and oxygen atoms in total. The number of ether oxygens (including phenoxy) is 2. The lowest BCUT2D eigenvalue weighted by Gasteiger charge is -2.37. The maximum Gasteiger partial charge on any atom is 0.351 e. The molecule has 1 aliphatic carbocycles. The second-order valence-corrected chi connectivity index (χ2v) is 9.95. The highest BCUT2D eigenvalue weighted by Gasteiger charge is 2.37. The molecule has 0 spiro atoms. The number of nitrogens with zero attached hydrogens (tertiary/aromatic N) is 2. The third kappa shape index (κ3) is 5.11. The summed E-state index contributed by atoms with van der Waals surface area (Å²) in [5.41, 5.74) is 3.13. The molecule has 1 fully saturated rings. The lowest BCUT2D eigenvalue weighted by atomic mass is 9.75. The Kier molecular flexibility index (Phi) is 8.66. The lowest BCUT2D eigenvalue weighted by Crippen LogP contribution is -3.00. The van der Waals surface area contributed by atoms with Gasteiger partial charge in [0, 0.05) is 0 Å². The fourth-order valence-corrected chi connectivity index (χ4v) is 5.41. The Hall–Kier alpha value is -2.09. The van der Waals surface area contributed by atoms with E-state index in [1.165, 1.54) is 6.42 Å². The summed E-state index contributed by atoms with van der Waals surface area (Å²) in [6.07, 6.45) is 3.28. The molecule has 0 amide bonds. The zero-order chi connectivity index (χ0) is 23.7. The van der Waals surface area contributed by atoms with Gasteiger partial charge in [-0.2, -0.15) is 0 Å². The van der Waals surface area contributed by atoms with Gasteiger partial charge in [0.1, 0.15) is 11.9 Å². The van der Waals surface area contributed by atoms with Crippen LogP contribution in [0.3, 0.4) is 0 Å². The number of carbonyl (C=O) groups is 1. The Balaban J connectivity index is 0.00000324. The number of rotatable bonds is 6. The van der Waals surface area contributed by atoms with E-state index >= 15 is 0 Å². The smallest absolute Gasteiger partial charge is 0.351 e. The Morgan fingerprint density at radius 1 is 1.06 bits per heavy atom. The number of benzene rings is 2. The summed E-state index contributed by atoms with van der Waals surface area (Å²) in [7, 11) is 3.72. The van der Waals surface area contributed by atoms with Crippen molar-refractivity contribution in [3.8, 4) is 17.1 Å². The van der Waals surface area contributed by atoms with E-state index in [1.807, 2.05) is 50.4 Å². The van der Waals surface area contributed by atoms with Crippen LogP contribution in [0.5, 0.6) is 5.75 Å². The first-order valence-electron chi connectivity index (χ1n) is 12.2. The molecule has 4 atom stereocenters. The van der Waals surface area contributed by atoms with E-state index in [2.05, 4.69) is 42.0 Å². The molecule has 0 saturated heterocycles. The third-order valence-electron chi connectivity index (χ3n) is 7.35. The molecule has 34 heavy (non-hydrogen) atoms. The summed E-state index contributed by atoms with van der Waals surface area (Å²) in [6.45, 7) is 8.71. The number of imidazole rings is 1. The Morgan fingerprint density at radius 3 is 2.38 bits per heavy atom.